The minimum absolute atomic E-state index is 0.819. The van der Waals surface area contributed by atoms with Crippen LogP contribution in [-0.2, 0) is 0 Å². The molecule has 13 heavy (non-hydrogen) atoms. The highest BCUT2D eigenvalue weighted by Gasteiger charge is 2.10. The third-order valence-electron chi connectivity index (χ3n) is 2.84. The van der Waals surface area contributed by atoms with Crippen molar-refractivity contribution in [3.8, 4) is 0 Å². The van der Waals surface area contributed by atoms with Gasteiger partial charge in [0.15, 0.2) is 0 Å². The topological polar surface area (TPSA) is 0 Å². The van der Waals surface area contributed by atoms with Crippen molar-refractivity contribution in [1.29, 1.82) is 0 Å². The molecule has 0 radical (unpaired) electrons. The summed E-state index contributed by atoms with van der Waals surface area (Å²) in [6, 6.07) is 0. The normalized spacial score (nSPS) is 13.2. The number of unbranched alkanes of at least 4 members (excludes halogenated alkanes) is 3. The molecule has 0 N–H and O–H groups in total. The van der Waals surface area contributed by atoms with Gasteiger partial charge in [0, 0.05) is 0 Å². The molecule has 1 unspecified atom stereocenters. The van der Waals surface area contributed by atoms with Gasteiger partial charge in [-0.3, -0.25) is 0 Å². The fourth-order valence-corrected chi connectivity index (χ4v) is 1.77. The molecule has 0 aromatic carbocycles. The standard InChI is InChI=1S/C13H26/c1-5-7-8-9-11-13(10-6-2)12(3)4/h6,12-13H,2,5,7-11H2,1,3-4H3. The molecule has 0 heteroatoms. The molecule has 0 aliphatic heterocycles. The Morgan fingerprint density at radius 1 is 1.15 bits per heavy atom. The Hall–Kier alpha value is -0.260. The van der Waals surface area contributed by atoms with E-state index in [0.717, 1.165) is 11.8 Å². The third kappa shape index (κ3) is 6.86. The SMILES string of the molecule is C=CCC(CCCCCC)C(C)C. The number of hydrogen-bond donors (Lipinski definition) is 0. The lowest BCUT2D eigenvalue weighted by Crippen LogP contribution is -2.07. The van der Waals surface area contributed by atoms with Crippen molar-refractivity contribution in [3.63, 3.8) is 0 Å². The van der Waals surface area contributed by atoms with Gasteiger partial charge in [0.2, 0.25) is 0 Å². The van der Waals surface area contributed by atoms with Gasteiger partial charge in [-0.2, -0.15) is 0 Å². The first-order valence-electron chi connectivity index (χ1n) is 5.83. The van der Waals surface area contributed by atoms with Crippen molar-refractivity contribution in [3.05, 3.63) is 12.7 Å². The summed E-state index contributed by atoms with van der Waals surface area (Å²) < 4.78 is 0. The van der Waals surface area contributed by atoms with Crippen molar-refractivity contribution >= 4 is 0 Å². The number of allylic oxidation sites excluding steroid dienone is 1. The van der Waals surface area contributed by atoms with Gasteiger partial charge in [0.25, 0.3) is 0 Å². The maximum absolute atomic E-state index is 3.83. The van der Waals surface area contributed by atoms with Crippen LogP contribution in [0.2, 0.25) is 0 Å². The molecule has 0 rings (SSSR count). The highest BCUT2D eigenvalue weighted by atomic mass is 14.2. The van der Waals surface area contributed by atoms with E-state index in [1.54, 1.807) is 0 Å². The zero-order chi connectivity index (χ0) is 10.1. The summed E-state index contributed by atoms with van der Waals surface area (Å²) in [6.07, 6.45) is 10.2. The Labute approximate surface area is 84.4 Å². The lowest BCUT2D eigenvalue weighted by molar-refractivity contribution is 0.349. The van der Waals surface area contributed by atoms with Crippen LogP contribution in [0.15, 0.2) is 12.7 Å². The second-order valence-corrected chi connectivity index (χ2v) is 4.38. The average molecular weight is 182 g/mol. The van der Waals surface area contributed by atoms with E-state index >= 15 is 0 Å². The molecule has 0 saturated carbocycles. The molecule has 0 heterocycles. The summed E-state index contributed by atoms with van der Waals surface area (Å²) >= 11 is 0. The molecule has 0 aromatic rings. The Bertz CT molecular complexity index is 113. The van der Waals surface area contributed by atoms with Gasteiger partial charge in [-0.15, -0.1) is 6.58 Å². The minimum Gasteiger partial charge on any atom is -0.103 e. The molecule has 1 atom stereocenters. The van der Waals surface area contributed by atoms with Crippen LogP contribution in [0.25, 0.3) is 0 Å². The van der Waals surface area contributed by atoms with E-state index in [0.29, 0.717) is 0 Å². The monoisotopic (exact) mass is 182 g/mol. The van der Waals surface area contributed by atoms with Gasteiger partial charge >= 0.3 is 0 Å². The molecule has 0 nitrogen and oxygen atoms in total. The summed E-state index contributed by atoms with van der Waals surface area (Å²) in [5, 5.41) is 0. The highest BCUT2D eigenvalue weighted by Crippen LogP contribution is 2.22. The smallest absolute Gasteiger partial charge is 0.0322 e. The van der Waals surface area contributed by atoms with E-state index < -0.39 is 0 Å². The predicted molar refractivity (Wildman–Crippen MR) is 61.9 cm³/mol. The van der Waals surface area contributed by atoms with Gasteiger partial charge in [-0.1, -0.05) is 52.5 Å². The zero-order valence-electron chi connectivity index (χ0n) is 9.68. The lowest BCUT2D eigenvalue weighted by Gasteiger charge is -2.18. The van der Waals surface area contributed by atoms with Crippen molar-refractivity contribution in [2.75, 3.05) is 0 Å². The fourth-order valence-electron chi connectivity index (χ4n) is 1.77. The van der Waals surface area contributed by atoms with Crippen LogP contribution in [0, 0.1) is 11.8 Å². The first-order valence-corrected chi connectivity index (χ1v) is 5.83. The maximum atomic E-state index is 3.83. The van der Waals surface area contributed by atoms with Crippen LogP contribution < -0.4 is 0 Å². The summed E-state index contributed by atoms with van der Waals surface area (Å²) in [7, 11) is 0. The molecule has 0 bridgehead atoms. The molecule has 0 aromatic heterocycles. The van der Waals surface area contributed by atoms with E-state index in [1.807, 2.05) is 0 Å². The fraction of sp³-hybridized carbons (Fsp3) is 0.846. The maximum Gasteiger partial charge on any atom is -0.0322 e. The summed E-state index contributed by atoms with van der Waals surface area (Å²) in [5.74, 6) is 1.69. The second kappa shape index (κ2) is 8.34. The third-order valence-corrected chi connectivity index (χ3v) is 2.84. The minimum atomic E-state index is 0.819. The largest absolute Gasteiger partial charge is 0.103 e. The van der Waals surface area contributed by atoms with Crippen molar-refractivity contribution in [2.45, 2.75) is 59.3 Å². The zero-order valence-corrected chi connectivity index (χ0v) is 9.68. The van der Waals surface area contributed by atoms with Crippen molar-refractivity contribution < 1.29 is 0 Å². The number of rotatable bonds is 8. The van der Waals surface area contributed by atoms with E-state index in [9.17, 15) is 0 Å². The van der Waals surface area contributed by atoms with E-state index in [-0.39, 0.29) is 0 Å². The van der Waals surface area contributed by atoms with Crippen LogP contribution in [0.4, 0.5) is 0 Å². The van der Waals surface area contributed by atoms with Gasteiger partial charge in [-0.25, -0.2) is 0 Å². The molecule has 0 amide bonds. The van der Waals surface area contributed by atoms with E-state index in [2.05, 4.69) is 33.4 Å². The highest BCUT2D eigenvalue weighted by molar-refractivity contribution is 4.75. The first kappa shape index (κ1) is 12.7. The van der Waals surface area contributed by atoms with Crippen LogP contribution in [0.3, 0.4) is 0 Å². The Kier molecular flexibility index (Phi) is 8.18. The Balaban J connectivity index is 3.50. The van der Waals surface area contributed by atoms with Gasteiger partial charge in [0.1, 0.15) is 0 Å². The summed E-state index contributed by atoms with van der Waals surface area (Å²) in [4.78, 5) is 0. The number of hydrogen-bond acceptors (Lipinski definition) is 0. The molecular formula is C13H26. The van der Waals surface area contributed by atoms with Crippen LogP contribution in [0.1, 0.15) is 59.3 Å². The summed E-state index contributed by atoms with van der Waals surface area (Å²) in [6.45, 7) is 10.7. The van der Waals surface area contributed by atoms with Gasteiger partial charge in [-0.05, 0) is 24.7 Å². The summed E-state index contributed by atoms with van der Waals surface area (Å²) in [5.41, 5.74) is 0. The first-order chi connectivity index (χ1) is 6.22. The van der Waals surface area contributed by atoms with Crippen LogP contribution >= 0.6 is 0 Å². The molecule has 0 aliphatic rings. The van der Waals surface area contributed by atoms with Crippen molar-refractivity contribution in [1.82, 2.24) is 0 Å². The lowest BCUT2D eigenvalue weighted by atomic mass is 9.87. The Morgan fingerprint density at radius 2 is 1.85 bits per heavy atom. The predicted octanol–water partition coefficient (Wildman–Crippen LogP) is 4.81. The van der Waals surface area contributed by atoms with E-state index in [1.165, 1.54) is 38.5 Å². The second-order valence-electron chi connectivity index (χ2n) is 4.38. The molecule has 0 fully saturated rings. The van der Waals surface area contributed by atoms with Gasteiger partial charge in [0.05, 0.1) is 0 Å². The molecule has 0 spiro atoms. The van der Waals surface area contributed by atoms with Crippen LogP contribution in [0.5, 0.6) is 0 Å². The molecule has 0 aliphatic carbocycles. The Morgan fingerprint density at radius 3 is 2.31 bits per heavy atom. The average Bonchev–Trinajstić information content (AvgIpc) is 2.10. The molecular weight excluding hydrogens is 156 g/mol. The molecule has 78 valence electrons. The van der Waals surface area contributed by atoms with Crippen LogP contribution in [-0.4, -0.2) is 0 Å². The quantitative estimate of drug-likeness (QED) is 0.373. The van der Waals surface area contributed by atoms with Crippen molar-refractivity contribution in [2.24, 2.45) is 11.8 Å². The van der Waals surface area contributed by atoms with Gasteiger partial charge < -0.3 is 0 Å². The molecule has 0 saturated heterocycles. The van der Waals surface area contributed by atoms with E-state index in [4.69, 9.17) is 0 Å².